The average Bonchev–Trinajstić information content (AvgIpc) is 2.45. The highest BCUT2D eigenvalue weighted by Gasteiger charge is 2.32. The second-order valence-corrected chi connectivity index (χ2v) is 4.99. The van der Waals surface area contributed by atoms with Crippen molar-refractivity contribution >= 4 is 5.78 Å². The molecule has 1 fully saturated rings. The summed E-state index contributed by atoms with van der Waals surface area (Å²) >= 11 is 0. The number of alkyl halides is 3. The second kappa shape index (κ2) is 6.93. The van der Waals surface area contributed by atoms with Crippen molar-refractivity contribution < 1.29 is 27.4 Å². The molecule has 0 aromatic heterocycles. The minimum Gasteiger partial charge on any atom is -0.405 e. The molecular weight excluding hydrogens is 285 g/mol. The first-order chi connectivity index (χ1) is 9.96. The standard InChI is InChI=1S/C15H17F3O3/c16-15(17,18)21-14-7-2-1-6-12(14)13(19)9-8-11-5-3-4-10-20-11/h1-2,6-7,11H,3-5,8-10H2. The molecule has 2 rings (SSSR count). The summed E-state index contributed by atoms with van der Waals surface area (Å²) in [5.74, 6) is -0.802. The Labute approximate surface area is 121 Å². The van der Waals surface area contributed by atoms with Crippen molar-refractivity contribution in [3.05, 3.63) is 29.8 Å². The van der Waals surface area contributed by atoms with Gasteiger partial charge in [-0.1, -0.05) is 12.1 Å². The molecule has 0 bridgehead atoms. The zero-order valence-corrected chi connectivity index (χ0v) is 11.5. The summed E-state index contributed by atoms with van der Waals surface area (Å²) in [4.78, 5) is 12.1. The predicted molar refractivity (Wildman–Crippen MR) is 70.3 cm³/mol. The minimum atomic E-state index is -4.80. The van der Waals surface area contributed by atoms with Crippen LogP contribution in [0.5, 0.6) is 5.75 Å². The third kappa shape index (κ3) is 5.04. The number of Topliss-reactive ketones (excluding diaryl/α,β-unsaturated/α-hetero) is 1. The van der Waals surface area contributed by atoms with Gasteiger partial charge in [0.1, 0.15) is 5.75 Å². The van der Waals surface area contributed by atoms with E-state index in [-0.39, 0.29) is 23.9 Å². The highest BCUT2D eigenvalue weighted by Crippen LogP contribution is 2.28. The Morgan fingerprint density at radius 3 is 2.71 bits per heavy atom. The van der Waals surface area contributed by atoms with Crippen LogP contribution in [0.1, 0.15) is 42.5 Å². The van der Waals surface area contributed by atoms with Crippen molar-refractivity contribution in [2.45, 2.75) is 44.6 Å². The molecule has 1 saturated heterocycles. The Hall–Kier alpha value is -1.56. The number of hydrogen-bond donors (Lipinski definition) is 0. The van der Waals surface area contributed by atoms with Gasteiger partial charge in [-0.15, -0.1) is 13.2 Å². The highest BCUT2D eigenvalue weighted by atomic mass is 19.4. The molecule has 116 valence electrons. The van der Waals surface area contributed by atoms with Gasteiger partial charge in [0.15, 0.2) is 5.78 Å². The molecule has 0 spiro atoms. The summed E-state index contributed by atoms with van der Waals surface area (Å²) in [5, 5.41) is 0. The normalized spacial score (nSPS) is 19.3. The third-order valence-electron chi connectivity index (χ3n) is 3.38. The van der Waals surface area contributed by atoms with Crippen LogP contribution in [0.15, 0.2) is 24.3 Å². The molecular formula is C15H17F3O3. The molecule has 1 aliphatic rings. The van der Waals surface area contributed by atoms with Crippen LogP contribution in [0.3, 0.4) is 0 Å². The maximum Gasteiger partial charge on any atom is 0.573 e. The van der Waals surface area contributed by atoms with Gasteiger partial charge in [0.25, 0.3) is 0 Å². The predicted octanol–water partition coefficient (Wildman–Crippen LogP) is 4.12. The number of para-hydroxylation sites is 1. The first-order valence-corrected chi connectivity index (χ1v) is 6.95. The highest BCUT2D eigenvalue weighted by molar-refractivity contribution is 5.98. The Kier molecular flexibility index (Phi) is 5.22. The summed E-state index contributed by atoms with van der Waals surface area (Å²) in [6.45, 7) is 0.687. The fraction of sp³-hybridized carbons (Fsp3) is 0.533. The van der Waals surface area contributed by atoms with Crippen molar-refractivity contribution in [2.75, 3.05) is 6.61 Å². The maximum absolute atomic E-state index is 12.3. The lowest BCUT2D eigenvalue weighted by Crippen LogP contribution is -2.21. The van der Waals surface area contributed by atoms with Gasteiger partial charge in [0, 0.05) is 13.0 Å². The zero-order chi connectivity index (χ0) is 15.3. The Bertz CT molecular complexity index is 479. The molecule has 21 heavy (non-hydrogen) atoms. The number of ketones is 1. The van der Waals surface area contributed by atoms with Crippen LogP contribution in [0.25, 0.3) is 0 Å². The van der Waals surface area contributed by atoms with Gasteiger partial charge in [-0.3, -0.25) is 4.79 Å². The molecule has 1 aromatic carbocycles. The topological polar surface area (TPSA) is 35.5 Å². The van der Waals surface area contributed by atoms with Crippen LogP contribution < -0.4 is 4.74 Å². The number of hydrogen-bond acceptors (Lipinski definition) is 3. The number of carbonyl (C=O) groups excluding carboxylic acids is 1. The van der Waals surface area contributed by atoms with E-state index < -0.39 is 12.1 Å². The van der Waals surface area contributed by atoms with Gasteiger partial charge >= 0.3 is 6.36 Å². The Morgan fingerprint density at radius 1 is 1.29 bits per heavy atom. The number of ether oxygens (including phenoxy) is 2. The second-order valence-electron chi connectivity index (χ2n) is 4.99. The van der Waals surface area contributed by atoms with Crippen molar-refractivity contribution in [3.8, 4) is 5.75 Å². The van der Waals surface area contributed by atoms with Crippen molar-refractivity contribution in [1.82, 2.24) is 0 Å². The number of benzene rings is 1. The lowest BCUT2D eigenvalue weighted by atomic mass is 10.00. The number of rotatable bonds is 5. The van der Waals surface area contributed by atoms with E-state index in [1.807, 2.05) is 0 Å². The Morgan fingerprint density at radius 2 is 2.05 bits per heavy atom. The maximum atomic E-state index is 12.3. The van der Waals surface area contributed by atoms with E-state index in [0.717, 1.165) is 25.3 Å². The van der Waals surface area contributed by atoms with Gasteiger partial charge in [0.2, 0.25) is 0 Å². The molecule has 0 aliphatic carbocycles. The van der Waals surface area contributed by atoms with Crippen LogP contribution in [-0.4, -0.2) is 24.9 Å². The molecule has 1 heterocycles. The third-order valence-corrected chi connectivity index (χ3v) is 3.38. The van der Waals surface area contributed by atoms with E-state index in [0.29, 0.717) is 13.0 Å². The minimum absolute atomic E-state index is 0.0263. The molecule has 1 aliphatic heterocycles. The molecule has 3 nitrogen and oxygen atoms in total. The number of carbonyl (C=O) groups is 1. The molecule has 6 heteroatoms. The van der Waals surface area contributed by atoms with Crippen LogP contribution >= 0.6 is 0 Å². The van der Waals surface area contributed by atoms with E-state index in [9.17, 15) is 18.0 Å². The van der Waals surface area contributed by atoms with E-state index in [1.54, 1.807) is 0 Å². The molecule has 0 amide bonds. The van der Waals surface area contributed by atoms with Gasteiger partial charge in [0.05, 0.1) is 11.7 Å². The average molecular weight is 302 g/mol. The zero-order valence-electron chi connectivity index (χ0n) is 11.5. The first kappa shape index (κ1) is 15.8. The quantitative estimate of drug-likeness (QED) is 0.768. The summed E-state index contributed by atoms with van der Waals surface area (Å²) in [6, 6.07) is 5.43. The largest absolute Gasteiger partial charge is 0.573 e. The van der Waals surface area contributed by atoms with E-state index >= 15 is 0 Å². The molecule has 0 saturated carbocycles. The monoisotopic (exact) mass is 302 g/mol. The Balaban J connectivity index is 1.98. The van der Waals surface area contributed by atoms with Crippen LogP contribution in [0.2, 0.25) is 0 Å². The summed E-state index contributed by atoms with van der Waals surface area (Å²) < 4.78 is 46.3. The fourth-order valence-corrected chi connectivity index (χ4v) is 2.37. The van der Waals surface area contributed by atoms with E-state index in [1.165, 1.54) is 18.2 Å². The van der Waals surface area contributed by atoms with Crippen molar-refractivity contribution in [1.29, 1.82) is 0 Å². The lowest BCUT2D eigenvalue weighted by molar-refractivity contribution is -0.274. The van der Waals surface area contributed by atoms with Crippen molar-refractivity contribution in [2.24, 2.45) is 0 Å². The SMILES string of the molecule is O=C(CCC1CCCCO1)c1ccccc1OC(F)(F)F. The number of halogens is 3. The first-order valence-electron chi connectivity index (χ1n) is 6.95. The lowest BCUT2D eigenvalue weighted by Gasteiger charge is -2.22. The van der Waals surface area contributed by atoms with E-state index in [2.05, 4.69) is 4.74 Å². The van der Waals surface area contributed by atoms with Crippen LogP contribution in [0, 0.1) is 0 Å². The molecule has 0 radical (unpaired) electrons. The van der Waals surface area contributed by atoms with Gasteiger partial charge in [-0.25, -0.2) is 0 Å². The van der Waals surface area contributed by atoms with E-state index in [4.69, 9.17) is 4.74 Å². The molecule has 1 aromatic rings. The van der Waals surface area contributed by atoms with Gasteiger partial charge in [-0.2, -0.15) is 0 Å². The molecule has 0 N–H and O–H groups in total. The van der Waals surface area contributed by atoms with Gasteiger partial charge in [-0.05, 0) is 37.8 Å². The molecule has 1 unspecified atom stereocenters. The van der Waals surface area contributed by atoms with Crippen LogP contribution in [-0.2, 0) is 4.74 Å². The van der Waals surface area contributed by atoms with Crippen molar-refractivity contribution in [3.63, 3.8) is 0 Å². The summed E-state index contributed by atoms with van der Waals surface area (Å²) in [7, 11) is 0. The smallest absolute Gasteiger partial charge is 0.405 e. The summed E-state index contributed by atoms with van der Waals surface area (Å²) in [6.07, 6.45) is -1.11. The summed E-state index contributed by atoms with van der Waals surface area (Å²) in [5.41, 5.74) is -0.0364. The van der Waals surface area contributed by atoms with Crippen LogP contribution in [0.4, 0.5) is 13.2 Å². The fourth-order valence-electron chi connectivity index (χ4n) is 2.37. The molecule has 1 atom stereocenters. The van der Waals surface area contributed by atoms with Gasteiger partial charge < -0.3 is 9.47 Å².